The Labute approximate surface area is 199 Å². The largest absolute Gasteiger partial charge is 0.405 e. The Morgan fingerprint density at radius 1 is 1.23 bits per heavy atom. The van der Waals surface area contributed by atoms with Crippen molar-refractivity contribution >= 4 is 29.2 Å². The van der Waals surface area contributed by atoms with Gasteiger partial charge in [0, 0.05) is 42.0 Å². The summed E-state index contributed by atoms with van der Waals surface area (Å²) in [7, 11) is 0. The minimum absolute atomic E-state index is 0.242. The molecule has 3 aromatic heterocycles. The number of halogens is 3. The summed E-state index contributed by atoms with van der Waals surface area (Å²) in [5.41, 5.74) is 3.76. The van der Waals surface area contributed by atoms with Gasteiger partial charge in [-0.05, 0) is 49.7 Å². The average Bonchev–Trinajstić information content (AvgIpc) is 3.27. The van der Waals surface area contributed by atoms with Crippen LogP contribution in [0.15, 0.2) is 49.2 Å². The highest BCUT2D eigenvalue weighted by Gasteiger charge is 2.27. The van der Waals surface area contributed by atoms with E-state index in [2.05, 4.69) is 25.9 Å². The van der Waals surface area contributed by atoms with E-state index in [0.29, 0.717) is 22.9 Å². The lowest BCUT2D eigenvalue weighted by Gasteiger charge is -2.23. The fraction of sp³-hybridized carbons (Fsp3) is 0.304. The Balaban J connectivity index is 1.50. The second kappa shape index (κ2) is 10.6. The number of carbonyl (C=O) groups is 1. The zero-order valence-electron chi connectivity index (χ0n) is 18.7. The van der Waals surface area contributed by atoms with Gasteiger partial charge in [0.1, 0.15) is 12.2 Å². The number of allylic oxidation sites excluding steroid dienone is 1. The van der Waals surface area contributed by atoms with E-state index in [1.54, 1.807) is 23.8 Å². The SMILES string of the molecule is N=C/C(=C\NC1CCNCC1)c1ccn2c(-c3cncc(NC(=O)NCC(F)(F)F)c3)cnc2c1. The predicted octanol–water partition coefficient (Wildman–Crippen LogP) is 3.41. The zero-order chi connectivity index (χ0) is 24.8. The number of hydrogen-bond acceptors (Lipinski definition) is 6. The Bertz CT molecular complexity index is 1230. The van der Waals surface area contributed by atoms with Gasteiger partial charge in [-0.15, -0.1) is 0 Å². The molecule has 4 rings (SSSR count). The van der Waals surface area contributed by atoms with Crippen LogP contribution in [0, 0.1) is 5.41 Å². The summed E-state index contributed by atoms with van der Waals surface area (Å²) in [5, 5.41) is 18.7. The van der Waals surface area contributed by atoms with Gasteiger partial charge in [0.25, 0.3) is 0 Å². The summed E-state index contributed by atoms with van der Waals surface area (Å²) in [6.07, 6.45) is 7.09. The number of piperidine rings is 1. The summed E-state index contributed by atoms with van der Waals surface area (Å²) in [5.74, 6) is 0. The number of amides is 2. The van der Waals surface area contributed by atoms with E-state index >= 15 is 0 Å². The molecular formula is C23H25F3N8O. The topological polar surface area (TPSA) is 119 Å². The van der Waals surface area contributed by atoms with Gasteiger partial charge in [0.15, 0.2) is 0 Å². The van der Waals surface area contributed by atoms with Crippen LogP contribution in [0.2, 0.25) is 0 Å². The van der Waals surface area contributed by atoms with Crippen LogP contribution in [0.3, 0.4) is 0 Å². The lowest BCUT2D eigenvalue weighted by atomic mass is 10.1. The molecule has 0 aromatic carbocycles. The normalized spacial score (nSPS) is 15.1. The fourth-order valence-corrected chi connectivity index (χ4v) is 3.78. The molecule has 0 aliphatic carbocycles. The molecule has 9 nitrogen and oxygen atoms in total. The first-order valence-electron chi connectivity index (χ1n) is 11.0. The van der Waals surface area contributed by atoms with Crippen molar-refractivity contribution < 1.29 is 18.0 Å². The summed E-state index contributed by atoms with van der Waals surface area (Å²) in [6.45, 7) is 0.511. The molecule has 0 saturated carbocycles. The molecule has 5 N–H and O–H groups in total. The van der Waals surface area contributed by atoms with Crippen molar-refractivity contribution in [3.63, 3.8) is 0 Å². The van der Waals surface area contributed by atoms with Crippen molar-refractivity contribution in [1.82, 2.24) is 30.3 Å². The van der Waals surface area contributed by atoms with Gasteiger partial charge in [-0.3, -0.25) is 9.38 Å². The highest BCUT2D eigenvalue weighted by Crippen LogP contribution is 2.24. The Kier molecular flexibility index (Phi) is 7.30. The van der Waals surface area contributed by atoms with Crippen molar-refractivity contribution in [1.29, 1.82) is 5.41 Å². The van der Waals surface area contributed by atoms with E-state index in [9.17, 15) is 18.0 Å². The van der Waals surface area contributed by atoms with Gasteiger partial charge in [-0.2, -0.15) is 13.2 Å². The maximum atomic E-state index is 12.3. The number of alkyl halides is 3. The van der Waals surface area contributed by atoms with Crippen LogP contribution >= 0.6 is 0 Å². The van der Waals surface area contributed by atoms with Gasteiger partial charge in [0.05, 0.1) is 23.8 Å². The molecule has 0 atom stereocenters. The molecule has 3 aromatic rings. The summed E-state index contributed by atoms with van der Waals surface area (Å²) < 4.78 is 38.7. The van der Waals surface area contributed by atoms with E-state index in [-0.39, 0.29) is 5.69 Å². The van der Waals surface area contributed by atoms with Crippen molar-refractivity contribution in [3.8, 4) is 11.3 Å². The molecule has 184 valence electrons. The van der Waals surface area contributed by atoms with Crippen LogP contribution in [-0.4, -0.2) is 58.5 Å². The third-order valence-corrected chi connectivity index (χ3v) is 5.56. The molecule has 1 aliphatic rings. The predicted molar refractivity (Wildman–Crippen MR) is 127 cm³/mol. The van der Waals surface area contributed by atoms with Crippen LogP contribution in [0.1, 0.15) is 18.4 Å². The highest BCUT2D eigenvalue weighted by atomic mass is 19.4. The molecule has 2 amide bonds. The summed E-state index contributed by atoms with van der Waals surface area (Å²) in [6, 6.07) is 4.73. The first-order chi connectivity index (χ1) is 16.8. The van der Waals surface area contributed by atoms with Crippen LogP contribution in [-0.2, 0) is 0 Å². The Morgan fingerprint density at radius 2 is 2.03 bits per heavy atom. The first kappa shape index (κ1) is 24.2. The molecule has 4 heterocycles. The quantitative estimate of drug-likeness (QED) is 0.328. The van der Waals surface area contributed by atoms with Crippen LogP contribution in [0.25, 0.3) is 22.5 Å². The van der Waals surface area contributed by atoms with Crippen LogP contribution in [0.4, 0.5) is 23.7 Å². The molecule has 12 heteroatoms. The van der Waals surface area contributed by atoms with Crippen molar-refractivity contribution in [2.24, 2.45) is 0 Å². The lowest BCUT2D eigenvalue weighted by Crippen LogP contribution is -2.37. The molecule has 35 heavy (non-hydrogen) atoms. The molecular weight excluding hydrogens is 461 g/mol. The number of carbonyl (C=O) groups excluding carboxylic acids is 1. The number of hydrogen-bond donors (Lipinski definition) is 5. The maximum absolute atomic E-state index is 12.3. The maximum Gasteiger partial charge on any atom is 0.405 e. The third-order valence-electron chi connectivity index (χ3n) is 5.56. The molecule has 0 bridgehead atoms. The molecule has 1 aliphatic heterocycles. The summed E-state index contributed by atoms with van der Waals surface area (Å²) >= 11 is 0. The number of fused-ring (bicyclic) bond motifs is 1. The van der Waals surface area contributed by atoms with Crippen molar-refractivity contribution in [3.05, 3.63) is 54.7 Å². The molecule has 1 fully saturated rings. The molecule has 0 radical (unpaired) electrons. The molecule has 1 saturated heterocycles. The number of aromatic nitrogens is 3. The third kappa shape index (κ3) is 6.35. The number of pyridine rings is 2. The molecule has 0 unspecified atom stereocenters. The second-order valence-corrected chi connectivity index (χ2v) is 8.11. The van der Waals surface area contributed by atoms with E-state index in [0.717, 1.165) is 37.1 Å². The van der Waals surface area contributed by atoms with E-state index in [1.165, 1.54) is 12.4 Å². The molecule has 0 spiro atoms. The Hall–Kier alpha value is -3.93. The first-order valence-corrected chi connectivity index (χ1v) is 11.0. The van der Waals surface area contributed by atoms with Gasteiger partial charge >= 0.3 is 12.2 Å². The number of anilines is 1. The summed E-state index contributed by atoms with van der Waals surface area (Å²) in [4.78, 5) is 20.3. The smallest absolute Gasteiger partial charge is 0.388 e. The zero-order valence-corrected chi connectivity index (χ0v) is 18.7. The number of nitrogens with one attached hydrogen (secondary N) is 5. The number of imidazole rings is 1. The van der Waals surface area contributed by atoms with Gasteiger partial charge < -0.3 is 26.7 Å². The van der Waals surface area contributed by atoms with E-state index in [1.807, 2.05) is 28.9 Å². The average molecular weight is 487 g/mol. The monoisotopic (exact) mass is 486 g/mol. The van der Waals surface area contributed by atoms with Crippen LogP contribution < -0.4 is 21.3 Å². The number of urea groups is 1. The van der Waals surface area contributed by atoms with Gasteiger partial charge in [-0.1, -0.05) is 0 Å². The van der Waals surface area contributed by atoms with Gasteiger partial charge in [-0.25, -0.2) is 9.78 Å². The standard InChI is InChI=1S/C23H25F3N8O/c24-23(25,26)14-32-22(35)33-19-7-16(10-29-12-19)20-13-31-21-8-15(3-6-34(20)21)17(9-27)11-30-18-1-4-28-5-2-18/h3,6-13,18,27-28,30H,1-2,4-5,14H2,(H2,32,33,35)/b17-11+,27-9?. The van der Waals surface area contributed by atoms with Crippen molar-refractivity contribution in [2.45, 2.75) is 25.1 Å². The highest BCUT2D eigenvalue weighted by molar-refractivity contribution is 6.08. The van der Waals surface area contributed by atoms with Crippen LogP contribution in [0.5, 0.6) is 0 Å². The Morgan fingerprint density at radius 3 is 2.77 bits per heavy atom. The lowest BCUT2D eigenvalue weighted by molar-refractivity contribution is -0.122. The number of rotatable bonds is 7. The second-order valence-electron chi connectivity index (χ2n) is 8.11. The van der Waals surface area contributed by atoms with Crippen molar-refractivity contribution in [2.75, 3.05) is 25.0 Å². The van der Waals surface area contributed by atoms with E-state index in [4.69, 9.17) is 5.41 Å². The van der Waals surface area contributed by atoms with Gasteiger partial charge in [0.2, 0.25) is 0 Å². The fourth-order valence-electron chi connectivity index (χ4n) is 3.78. The minimum Gasteiger partial charge on any atom is -0.388 e. The minimum atomic E-state index is -4.50. The van der Waals surface area contributed by atoms with E-state index < -0.39 is 18.8 Å². The number of nitrogens with zero attached hydrogens (tertiary/aromatic N) is 3.